The monoisotopic (exact) mass is 294 g/mol. The van der Waals surface area contributed by atoms with Crippen LogP contribution < -0.4 is 5.32 Å². The van der Waals surface area contributed by atoms with Gasteiger partial charge in [-0.05, 0) is 56.2 Å². The van der Waals surface area contributed by atoms with Gasteiger partial charge in [-0.25, -0.2) is 4.39 Å². The predicted octanol–water partition coefficient (Wildman–Crippen LogP) is 3.69. The second-order valence-corrected chi connectivity index (χ2v) is 6.08. The number of hydrogen-bond acceptors (Lipinski definition) is 3. The Kier molecular flexibility index (Phi) is 5.28. The maximum Gasteiger partial charge on any atom is 0.272 e. The molecule has 3 unspecified atom stereocenters. The molecule has 0 aliphatic heterocycles. The minimum Gasteiger partial charge on any atom is -0.314 e. The maximum atomic E-state index is 13.4. The Bertz CT molecular complexity index is 507. The molecule has 0 radical (unpaired) electrons. The number of rotatable bonds is 5. The fourth-order valence-electron chi connectivity index (χ4n) is 3.43. The van der Waals surface area contributed by atoms with Gasteiger partial charge in [0.2, 0.25) is 0 Å². The van der Waals surface area contributed by atoms with Crippen molar-refractivity contribution in [3.05, 3.63) is 39.7 Å². The standard InChI is InChI=1S/C16H23FN2O2/c1-3-18-15-6-4-11(2)8-12(15)9-13-10-14(17)5-7-16(13)19(20)21/h5,7,10-12,15,18H,3-4,6,8-9H2,1-2H3. The average molecular weight is 294 g/mol. The Labute approximate surface area is 124 Å². The van der Waals surface area contributed by atoms with Crippen molar-refractivity contribution in [2.24, 2.45) is 11.8 Å². The van der Waals surface area contributed by atoms with Crippen molar-refractivity contribution in [2.45, 2.75) is 45.6 Å². The Morgan fingerprint density at radius 1 is 1.43 bits per heavy atom. The molecule has 1 aliphatic rings. The van der Waals surface area contributed by atoms with Gasteiger partial charge in [-0.15, -0.1) is 0 Å². The molecule has 1 saturated carbocycles. The van der Waals surface area contributed by atoms with E-state index in [4.69, 9.17) is 0 Å². The smallest absolute Gasteiger partial charge is 0.272 e. The summed E-state index contributed by atoms with van der Waals surface area (Å²) in [5.74, 6) is 0.547. The molecule has 1 N–H and O–H groups in total. The van der Waals surface area contributed by atoms with Crippen LogP contribution in [0.4, 0.5) is 10.1 Å². The van der Waals surface area contributed by atoms with Crippen LogP contribution in [0.25, 0.3) is 0 Å². The second kappa shape index (κ2) is 6.98. The Hall–Kier alpha value is -1.49. The van der Waals surface area contributed by atoms with Crippen LogP contribution in [0.3, 0.4) is 0 Å². The molecule has 5 heteroatoms. The summed E-state index contributed by atoms with van der Waals surface area (Å²) in [4.78, 5) is 10.7. The first kappa shape index (κ1) is 15.9. The summed E-state index contributed by atoms with van der Waals surface area (Å²) < 4.78 is 13.4. The SMILES string of the molecule is CCNC1CCC(C)CC1Cc1cc(F)ccc1[N+](=O)[O-]. The number of hydrogen-bond donors (Lipinski definition) is 1. The fraction of sp³-hybridized carbons (Fsp3) is 0.625. The van der Waals surface area contributed by atoms with E-state index in [9.17, 15) is 14.5 Å². The zero-order valence-corrected chi connectivity index (χ0v) is 12.6. The lowest BCUT2D eigenvalue weighted by molar-refractivity contribution is -0.385. The number of nitro benzene ring substituents is 1. The normalized spacial score (nSPS) is 25.8. The molecule has 21 heavy (non-hydrogen) atoms. The van der Waals surface area contributed by atoms with Crippen molar-refractivity contribution in [2.75, 3.05) is 6.54 Å². The number of nitrogens with one attached hydrogen (secondary N) is 1. The summed E-state index contributed by atoms with van der Waals surface area (Å²) in [5.41, 5.74) is 0.548. The van der Waals surface area contributed by atoms with Gasteiger partial charge in [-0.2, -0.15) is 0 Å². The van der Waals surface area contributed by atoms with E-state index in [1.54, 1.807) is 0 Å². The summed E-state index contributed by atoms with van der Waals surface area (Å²) in [6.45, 7) is 5.18. The zero-order valence-electron chi connectivity index (χ0n) is 12.6. The Morgan fingerprint density at radius 2 is 2.19 bits per heavy atom. The largest absolute Gasteiger partial charge is 0.314 e. The highest BCUT2D eigenvalue weighted by molar-refractivity contribution is 5.40. The van der Waals surface area contributed by atoms with Gasteiger partial charge in [0, 0.05) is 17.7 Å². The molecular formula is C16H23FN2O2. The molecule has 1 aromatic carbocycles. The molecule has 2 rings (SSSR count). The van der Waals surface area contributed by atoms with Gasteiger partial charge in [0.05, 0.1) is 4.92 Å². The van der Waals surface area contributed by atoms with Crippen LogP contribution in [0.2, 0.25) is 0 Å². The van der Waals surface area contributed by atoms with Gasteiger partial charge < -0.3 is 5.32 Å². The molecule has 0 saturated heterocycles. The lowest BCUT2D eigenvalue weighted by atomic mass is 9.76. The summed E-state index contributed by atoms with van der Waals surface area (Å²) in [5, 5.41) is 14.6. The molecule has 4 nitrogen and oxygen atoms in total. The van der Waals surface area contributed by atoms with E-state index >= 15 is 0 Å². The molecule has 1 aliphatic carbocycles. The van der Waals surface area contributed by atoms with Crippen LogP contribution in [0.1, 0.15) is 38.7 Å². The Balaban J connectivity index is 2.21. The van der Waals surface area contributed by atoms with Gasteiger partial charge in [0.25, 0.3) is 5.69 Å². The predicted molar refractivity (Wildman–Crippen MR) is 80.7 cm³/mol. The van der Waals surface area contributed by atoms with Crippen molar-refractivity contribution < 1.29 is 9.31 Å². The van der Waals surface area contributed by atoms with Crippen molar-refractivity contribution >= 4 is 5.69 Å². The molecule has 0 amide bonds. The topological polar surface area (TPSA) is 55.2 Å². The van der Waals surface area contributed by atoms with Crippen molar-refractivity contribution in [1.29, 1.82) is 0 Å². The van der Waals surface area contributed by atoms with Crippen molar-refractivity contribution in [3.63, 3.8) is 0 Å². The zero-order chi connectivity index (χ0) is 15.4. The van der Waals surface area contributed by atoms with Crippen molar-refractivity contribution in [1.82, 2.24) is 5.32 Å². The van der Waals surface area contributed by atoms with Crippen LogP contribution in [-0.4, -0.2) is 17.5 Å². The molecule has 1 aromatic rings. The number of benzene rings is 1. The lowest BCUT2D eigenvalue weighted by Crippen LogP contribution is -2.41. The molecule has 0 aromatic heterocycles. The van der Waals surface area contributed by atoms with Gasteiger partial charge >= 0.3 is 0 Å². The van der Waals surface area contributed by atoms with E-state index in [0.717, 1.165) is 25.5 Å². The first-order valence-corrected chi connectivity index (χ1v) is 7.67. The molecule has 0 spiro atoms. The second-order valence-electron chi connectivity index (χ2n) is 6.08. The maximum absolute atomic E-state index is 13.4. The molecule has 1 fully saturated rings. The van der Waals surface area contributed by atoms with E-state index in [2.05, 4.69) is 19.2 Å². The average Bonchev–Trinajstić information content (AvgIpc) is 2.42. The van der Waals surface area contributed by atoms with Crippen LogP contribution in [0.5, 0.6) is 0 Å². The van der Waals surface area contributed by atoms with E-state index < -0.39 is 10.7 Å². The molecule has 0 bridgehead atoms. The highest BCUT2D eigenvalue weighted by atomic mass is 19.1. The van der Waals surface area contributed by atoms with E-state index in [0.29, 0.717) is 29.9 Å². The summed E-state index contributed by atoms with van der Waals surface area (Å²) in [7, 11) is 0. The summed E-state index contributed by atoms with van der Waals surface area (Å²) in [6.07, 6.45) is 3.86. The van der Waals surface area contributed by atoms with E-state index in [1.165, 1.54) is 18.6 Å². The molecular weight excluding hydrogens is 271 g/mol. The minimum atomic E-state index is -0.413. The first-order chi connectivity index (χ1) is 10.0. The summed E-state index contributed by atoms with van der Waals surface area (Å²) >= 11 is 0. The van der Waals surface area contributed by atoms with E-state index in [1.807, 2.05) is 0 Å². The van der Waals surface area contributed by atoms with Crippen LogP contribution in [-0.2, 0) is 6.42 Å². The van der Waals surface area contributed by atoms with Crippen molar-refractivity contribution in [3.8, 4) is 0 Å². The van der Waals surface area contributed by atoms with Gasteiger partial charge in [-0.3, -0.25) is 10.1 Å². The van der Waals surface area contributed by atoms with Crippen LogP contribution in [0, 0.1) is 27.8 Å². The van der Waals surface area contributed by atoms with E-state index in [-0.39, 0.29) is 5.69 Å². The third-order valence-electron chi connectivity index (χ3n) is 4.43. The number of nitro groups is 1. The highest BCUT2D eigenvalue weighted by Crippen LogP contribution is 2.33. The minimum absolute atomic E-state index is 0.0323. The van der Waals surface area contributed by atoms with Gasteiger partial charge in [0.1, 0.15) is 5.82 Å². The van der Waals surface area contributed by atoms with Crippen LogP contribution in [0.15, 0.2) is 18.2 Å². The van der Waals surface area contributed by atoms with Crippen LogP contribution >= 0.6 is 0 Å². The Morgan fingerprint density at radius 3 is 2.86 bits per heavy atom. The summed E-state index contributed by atoms with van der Waals surface area (Å²) in [6, 6.07) is 4.13. The van der Waals surface area contributed by atoms with Gasteiger partial charge in [-0.1, -0.05) is 13.8 Å². The third kappa shape index (κ3) is 4.00. The number of halogens is 1. The number of nitrogens with zero attached hydrogens (tertiary/aromatic N) is 1. The molecule has 116 valence electrons. The first-order valence-electron chi connectivity index (χ1n) is 7.67. The highest BCUT2D eigenvalue weighted by Gasteiger charge is 2.30. The van der Waals surface area contributed by atoms with Gasteiger partial charge in [0.15, 0.2) is 0 Å². The fourth-order valence-corrected chi connectivity index (χ4v) is 3.43. The quantitative estimate of drug-likeness (QED) is 0.665. The molecule has 0 heterocycles. The molecule has 3 atom stereocenters. The lowest BCUT2D eigenvalue weighted by Gasteiger charge is -2.35. The third-order valence-corrected chi connectivity index (χ3v) is 4.43.